The Morgan fingerprint density at radius 1 is 1.36 bits per heavy atom. The zero-order chi connectivity index (χ0) is 16.3. The summed E-state index contributed by atoms with van der Waals surface area (Å²) < 4.78 is 6.54. The van der Waals surface area contributed by atoms with Crippen molar-refractivity contribution in [1.82, 2.24) is 4.57 Å². The number of methoxy groups -OCH3 is 1. The molecule has 0 saturated heterocycles. The third-order valence-electron chi connectivity index (χ3n) is 2.95. The Balaban J connectivity index is 2.51. The first kappa shape index (κ1) is 15.9. The van der Waals surface area contributed by atoms with Crippen LogP contribution in [0.3, 0.4) is 0 Å². The molecule has 0 saturated carbocycles. The van der Waals surface area contributed by atoms with E-state index in [1.165, 1.54) is 13.3 Å². The number of hydrogen-bond donors (Lipinski definition) is 0. The topological polar surface area (TPSA) is 91.4 Å². The Morgan fingerprint density at radius 2 is 2.00 bits per heavy atom. The largest absolute Gasteiger partial charge is 0.465 e. The maximum Gasteiger partial charge on any atom is 0.339 e. The molecule has 0 unspecified atom stereocenters. The van der Waals surface area contributed by atoms with Crippen LogP contribution in [0, 0.1) is 10.1 Å². The molecule has 0 aliphatic carbocycles. The molecule has 0 bridgehead atoms. The first-order valence-corrected chi connectivity index (χ1v) is 6.93. The molecule has 1 aromatic carbocycles. The van der Waals surface area contributed by atoms with E-state index in [-0.39, 0.29) is 12.1 Å². The van der Waals surface area contributed by atoms with Crippen LogP contribution < -0.4 is 5.56 Å². The van der Waals surface area contributed by atoms with Crippen LogP contribution >= 0.6 is 15.9 Å². The number of benzene rings is 1. The summed E-state index contributed by atoms with van der Waals surface area (Å²) in [6.07, 6.45) is 1.25. The van der Waals surface area contributed by atoms with Gasteiger partial charge in [-0.25, -0.2) is 4.79 Å². The zero-order valence-corrected chi connectivity index (χ0v) is 13.1. The molecule has 2 aromatic rings. The van der Waals surface area contributed by atoms with Crippen molar-refractivity contribution in [1.29, 1.82) is 0 Å². The second kappa shape index (κ2) is 6.52. The first-order chi connectivity index (χ1) is 10.4. The molecule has 8 heteroatoms. The number of esters is 1. The van der Waals surface area contributed by atoms with E-state index in [0.29, 0.717) is 0 Å². The lowest BCUT2D eigenvalue weighted by atomic mass is 10.2. The van der Waals surface area contributed by atoms with Crippen molar-refractivity contribution in [3.63, 3.8) is 0 Å². The third-order valence-corrected chi connectivity index (χ3v) is 3.48. The number of nitro groups is 1. The van der Waals surface area contributed by atoms with E-state index in [0.717, 1.165) is 20.7 Å². The van der Waals surface area contributed by atoms with Crippen molar-refractivity contribution < 1.29 is 14.5 Å². The Bertz CT molecular complexity index is 783. The summed E-state index contributed by atoms with van der Waals surface area (Å²) in [6, 6.07) is 8.05. The Hall–Kier alpha value is -2.48. The van der Waals surface area contributed by atoms with Gasteiger partial charge in [0.15, 0.2) is 0 Å². The van der Waals surface area contributed by atoms with Crippen molar-refractivity contribution in [2.24, 2.45) is 0 Å². The van der Waals surface area contributed by atoms with Gasteiger partial charge in [0.25, 0.3) is 0 Å². The van der Waals surface area contributed by atoms with Gasteiger partial charge in [-0.15, -0.1) is 0 Å². The van der Waals surface area contributed by atoms with E-state index in [9.17, 15) is 19.7 Å². The summed E-state index contributed by atoms with van der Waals surface area (Å²) in [4.78, 5) is 33.8. The fraction of sp³-hybridized carbons (Fsp3) is 0.143. The van der Waals surface area contributed by atoms with Gasteiger partial charge >= 0.3 is 17.2 Å². The van der Waals surface area contributed by atoms with E-state index in [4.69, 9.17) is 0 Å². The highest BCUT2D eigenvalue weighted by Gasteiger charge is 2.20. The van der Waals surface area contributed by atoms with Crippen LogP contribution in [0.1, 0.15) is 15.9 Å². The van der Waals surface area contributed by atoms with E-state index < -0.39 is 22.1 Å². The van der Waals surface area contributed by atoms with Gasteiger partial charge in [0, 0.05) is 16.7 Å². The molecule has 0 fully saturated rings. The van der Waals surface area contributed by atoms with E-state index in [1.54, 1.807) is 24.3 Å². The number of ether oxygens (including phenoxy) is 1. The maximum atomic E-state index is 12.1. The smallest absolute Gasteiger partial charge is 0.339 e. The molecule has 0 aliphatic heterocycles. The molecular formula is C14H11BrN2O5. The summed E-state index contributed by atoms with van der Waals surface area (Å²) in [6.45, 7) is 0.109. The number of halogens is 1. The Labute approximate surface area is 133 Å². The second-order valence-electron chi connectivity index (χ2n) is 4.42. The molecule has 2 rings (SSSR count). The summed E-state index contributed by atoms with van der Waals surface area (Å²) in [7, 11) is 1.17. The molecule has 1 aromatic heterocycles. The second-order valence-corrected chi connectivity index (χ2v) is 5.34. The molecule has 114 valence electrons. The van der Waals surface area contributed by atoms with Crippen LogP contribution in [0.5, 0.6) is 0 Å². The molecule has 1 heterocycles. The van der Waals surface area contributed by atoms with Crippen LogP contribution in [-0.4, -0.2) is 22.6 Å². The summed E-state index contributed by atoms with van der Waals surface area (Å²) in [5.41, 5.74) is -0.729. The highest BCUT2D eigenvalue weighted by Crippen LogP contribution is 2.13. The fourth-order valence-corrected chi connectivity index (χ4v) is 2.15. The Morgan fingerprint density at radius 3 is 2.55 bits per heavy atom. The van der Waals surface area contributed by atoms with Crippen LogP contribution in [0.2, 0.25) is 0 Å². The maximum absolute atomic E-state index is 12.1. The molecular weight excluding hydrogens is 356 g/mol. The summed E-state index contributed by atoms with van der Waals surface area (Å²) in [5, 5.41) is 11.0. The minimum atomic E-state index is -0.813. The molecule has 0 spiro atoms. The number of pyridine rings is 1. The fourth-order valence-electron chi connectivity index (χ4n) is 1.88. The molecule has 0 amide bonds. The lowest BCUT2D eigenvalue weighted by Gasteiger charge is -2.08. The molecule has 0 N–H and O–H groups in total. The summed E-state index contributed by atoms with van der Waals surface area (Å²) >= 11 is 3.30. The predicted molar refractivity (Wildman–Crippen MR) is 81.9 cm³/mol. The molecule has 0 aliphatic rings. The van der Waals surface area contributed by atoms with Gasteiger partial charge in [-0.2, -0.15) is 0 Å². The predicted octanol–water partition coefficient (Wildman–Crippen LogP) is 2.35. The van der Waals surface area contributed by atoms with Crippen molar-refractivity contribution in [3.8, 4) is 0 Å². The number of aromatic nitrogens is 1. The lowest BCUT2D eigenvalue weighted by molar-refractivity contribution is -0.386. The number of rotatable bonds is 4. The Kier molecular flexibility index (Phi) is 4.71. The summed E-state index contributed by atoms with van der Waals surface area (Å²) in [5.74, 6) is -0.743. The lowest BCUT2D eigenvalue weighted by Crippen LogP contribution is -2.24. The number of carbonyl (C=O) groups is 1. The van der Waals surface area contributed by atoms with Gasteiger partial charge in [0.1, 0.15) is 0 Å². The van der Waals surface area contributed by atoms with Crippen LogP contribution in [-0.2, 0) is 11.3 Å². The van der Waals surface area contributed by atoms with Gasteiger partial charge in [-0.05, 0) is 17.7 Å². The highest BCUT2D eigenvalue weighted by atomic mass is 79.9. The standard InChI is InChI=1S/C14H11BrN2O5/c1-22-14(19)10-6-12(17(20)21)13(18)16(8-10)7-9-2-4-11(15)5-3-9/h2-6,8H,7H2,1H3. The normalized spacial score (nSPS) is 10.3. The van der Waals surface area contributed by atoms with Crippen molar-refractivity contribution >= 4 is 27.6 Å². The first-order valence-electron chi connectivity index (χ1n) is 6.14. The SMILES string of the molecule is COC(=O)c1cc([N+](=O)[O-])c(=O)n(Cc2ccc(Br)cc2)c1. The zero-order valence-electron chi connectivity index (χ0n) is 11.5. The van der Waals surface area contributed by atoms with Gasteiger partial charge in [0.05, 0.1) is 24.1 Å². The average molecular weight is 367 g/mol. The van der Waals surface area contributed by atoms with Gasteiger partial charge in [-0.1, -0.05) is 28.1 Å². The van der Waals surface area contributed by atoms with E-state index in [1.807, 2.05) is 0 Å². The molecule has 0 atom stereocenters. The molecule has 7 nitrogen and oxygen atoms in total. The number of hydrogen-bond acceptors (Lipinski definition) is 5. The quantitative estimate of drug-likeness (QED) is 0.470. The number of carbonyl (C=O) groups excluding carboxylic acids is 1. The number of nitrogens with zero attached hydrogens (tertiary/aromatic N) is 2. The highest BCUT2D eigenvalue weighted by molar-refractivity contribution is 9.10. The minimum absolute atomic E-state index is 0.0501. The van der Waals surface area contributed by atoms with Gasteiger partial charge < -0.3 is 9.30 Å². The third kappa shape index (κ3) is 3.40. The van der Waals surface area contributed by atoms with Gasteiger partial charge in [0.2, 0.25) is 0 Å². The van der Waals surface area contributed by atoms with E-state index in [2.05, 4.69) is 20.7 Å². The van der Waals surface area contributed by atoms with Crippen molar-refractivity contribution in [2.75, 3.05) is 7.11 Å². The minimum Gasteiger partial charge on any atom is -0.465 e. The van der Waals surface area contributed by atoms with Crippen molar-refractivity contribution in [3.05, 3.63) is 72.6 Å². The van der Waals surface area contributed by atoms with E-state index >= 15 is 0 Å². The van der Waals surface area contributed by atoms with Crippen LogP contribution in [0.15, 0.2) is 45.8 Å². The van der Waals surface area contributed by atoms with Crippen molar-refractivity contribution in [2.45, 2.75) is 6.54 Å². The molecule has 22 heavy (non-hydrogen) atoms. The van der Waals surface area contributed by atoms with Crippen LogP contribution in [0.25, 0.3) is 0 Å². The molecule has 0 radical (unpaired) electrons. The monoisotopic (exact) mass is 366 g/mol. The average Bonchev–Trinajstić information content (AvgIpc) is 2.50. The van der Waals surface area contributed by atoms with Crippen LogP contribution in [0.4, 0.5) is 5.69 Å². The van der Waals surface area contributed by atoms with Gasteiger partial charge in [-0.3, -0.25) is 14.9 Å².